The average Bonchev–Trinajstić information content (AvgIpc) is 2.15. The van der Waals surface area contributed by atoms with E-state index in [1.54, 1.807) is 18.7 Å². The Morgan fingerprint density at radius 3 is 2.76 bits per heavy atom. The van der Waals surface area contributed by atoms with E-state index >= 15 is 0 Å². The maximum Gasteiger partial charge on any atom is 0.305 e. The molecule has 0 aliphatic heterocycles. The number of aromatic nitrogens is 2. The van der Waals surface area contributed by atoms with Crippen LogP contribution in [-0.4, -0.2) is 33.6 Å². The van der Waals surface area contributed by atoms with Crippen molar-refractivity contribution < 1.29 is 9.90 Å². The largest absolute Gasteiger partial charge is 0.481 e. The van der Waals surface area contributed by atoms with Crippen molar-refractivity contribution in [1.82, 2.24) is 9.97 Å². The third-order valence-electron chi connectivity index (χ3n) is 2.48. The number of carbonyl (C=O) groups is 1. The SMILES string of the molecule is CCN(c1cc(=O)[nH]c(C)n1)C(C)CC(=O)O. The second kappa shape index (κ2) is 5.47. The van der Waals surface area contributed by atoms with Gasteiger partial charge < -0.3 is 15.0 Å². The Labute approximate surface area is 99.3 Å². The van der Waals surface area contributed by atoms with E-state index < -0.39 is 5.97 Å². The molecule has 1 aromatic heterocycles. The number of hydrogen-bond donors (Lipinski definition) is 2. The van der Waals surface area contributed by atoms with Gasteiger partial charge in [-0.1, -0.05) is 0 Å². The number of aryl methyl sites for hydroxylation is 1. The molecule has 1 aromatic rings. The fraction of sp³-hybridized carbons (Fsp3) is 0.545. The summed E-state index contributed by atoms with van der Waals surface area (Å²) in [6.07, 6.45) is 0.0152. The van der Waals surface area contributed by atoms with Crippen molar-refractivity contribution >= 4 is 11.8 Å². The summed E-state index contributed by atoms with van der Waals surface area (Å²) in [5.41, 5.74) is -0.228. The quantitative estimate of drug-likeness (QED) is 0.792. The number of anilines is 1. The van der Waals surface area contributed by atoms with E-state index in [0.717, 1.165) is 0 Å². The van der Waals surface area contributed by atoms with Crippen molar-refractivity contribution in [2.24, 2.45) is 0 Å². The van der Waals surface area contributed by atoms with Crippen molar-refractivity contribution in [1.29, 1.82) is 0 Å². The van der Waals surface area contributed by atoms with Gasteiger partial charge >= 0.3 is 5.97 Å². The molecule has 1 atom stereocenters. The smallest absolute Gasteiger partial charge is 0.305 e. The van der Waals surface area contributed by atoms with Gasteiger partial charge in [0, 0.05) is 18.7 Å². The molecule has 94 valence electrons. The Hall–Kier alpha value is -1.85. The summed E-state index contributed by atoms with van der Waals surface area (Å²) < 4.78 is 0. The number of carboxylic acid groups (broad SMARTS) is 1. The lowest BCUT2D eigenvalue weighted by Crippen LogP contribution is -2.36. The van der Waals surface area contributed by atoms with E-state index in [-0.39, 0.29) is 18.0 Å². The molecule has 0 aliphatic carbocycles. The summed E-state index contributed by atoms with van der Waals surface area (Å²) in [4.78, 5) is 30.6. The number of nitrogens with one attached hydrogen (secondary N) is 1. The van der Waals surface area contributed by atoms with Gasteiger partial charge in [0.2, 0.25) is 0 Å². The molecule has 0 saturated heterocycles. The minimum absolute atomic E-state index is 0.0152. The average molecular weight is 239 g/mol. The molecule has 0 bridgehead atoms. The second-order valence-corrected chi connectivity index (χ2v) is 3.92. The van der Waals surface area contributed by atoms with E-state index in [9.17, 15) is 9.59 Å². The zero-order chi connectivity index (χ0) is 13.0. The molecular weight excluding hydrogens is 222 g/mol. The molecule has 0 spiro atoms. The second-order valence-electron chi connectivity index (χ2n) is 3.92. The minimum atomic E-state index is -0.863. The van der Waals surface area contributed by atoms with Crippen LogP contribution in [0.4, 0.5) is 5.82 Å². The number of carboxylic acids is 1. The summed E-state index contributed by atoms with van der Waals surface area (Å²) >= 11 is 0. The Morgan fingerprint density at radius 1 is 1.65 bits per heavy atom. The van der Waals surface area contributed by atoms with Crippen LogP contribution in [0.25, 0.3) is 0 Å². The van der Waals surface area contributed by atoms with Crippen LogP contribution < -0.4 is 10.5 Å². The van der Waals surface area contributed by atoms with E-state index in [0.29, 0.717) is 18.2 Å². The normalized spacial score (nSPS) is 12.2. The molecule has 1 unspecified atom stereocenters. The molecule has 17 heavy (non-hydrogen) atoms. The number of aliphatic carboxylic acids is 1. The predicted molar refractivity (Wildman–Crippen MR) is 64.3 cm³/mol. The molecule has 0 radical (unpaired) electrons. The molecule has 6 nitrogen and oxygen atoms in total. The third kappa shape index (κ3) is 3.58. The maximum absolute atomic E-state index is 11.3. The van der Waals surface area contributed by atoms with Crippen molar-refractivity contribution in [3.63, 3.8) is 0 Å². The molecule has 2 N–H and O–H groups in total. The number of aromatic amines is 1. The van der Waals surface area contributed by atoms with Gasteiger partial charge in [-0.15, -0.1) is 0 Å². The van der Waals surface area contributed by atoms with Crippen molar-refractivity contribution in [3.05, 3.63) is 22.2 Å². The lowest BCUT2D eigenvalue weighted by Gasteiger charge is -2.27. The highest BCUT2D eigenvalue weighted by molar-refractivity contribution is 5.68. The first-order valence-electron chi connectivity index (χ1n) is 5.50. The van der Waals surface area contributed by atoms with Crippen LogP contribution in [0.5, 0.6) is 0 Å². The van der Waals surface area contributed by atoms with Gasteiger partial charge in [0.25, 0.3) is 5.56 Å². The minimum Gasteiger partial charge on any atom is -0.481 e. The van der Waals surface area contributed by atoms with Crippen LogP contribution in [0.15, 0.2) is 10.9 Å². The van der Waals surface area contributed by atoms with E-state index in [1.807, 2.05) is 6.92 Å². The first-order chi connectivity index (χ1) is 7.93. The van der Waals surface area contributed by atoms with Gasteiger partial charge in [0.15, 0.2) is 0 Å². The van der Waals surface area contributed by atoms with Gasteiger partial charge in [0.1, 0.15) is 11.6 Å². The van der Waals surface area contributed by atoms with E-state index in [2.05, 4.69) is 9.97 Å². The summed E-state index contributed by atoms with van der Waals surface area (Å²) in [7, 11) is 0. The molecular formula is C11H17N3O3. The summed E-state index contributed by atoms with van der Waals surface area (Å²) in [6.45, 7) is 6.00. The van der Waals surface area contributed by atoms with Crippen molar-refractivity contribution in [2.75, 3.05) is 11.4 Å². The summed E-state index contributed by atoms with van der Waals surface area (Å²) in [5, 5.41) is 8.77. The van der Waals surface area contributed by atoms with Gasteiger partial charge in [-0.2, -0.15) is 0 Å². The predicted octanol–water partition coefficient (Wildman–Crippen LogP) is 0.768. The van der Waals surface area contributed by atoms with Crippen LogP contribution in [-0.2, 0) is 4.79 Å². The number of nitrogens with zero attached hydrogens (tertiary/aromatic N) is 2. The van der Waals surface area contributed by atoms with Crippen molar-refractivity contribution in [3.8, 4) is 0 Å². The third-order valence-corrected chi connectivity index (χ3v) is 2.48. The monoisotopic (exact) mass is 239 g/mol. The van der Waals surface area contributed by atoms with E-state index in [4.69, 9.17) is 5.11 Å². The van der Waals surface area contributed by atoms with Crippen LogP contribution in [0, 0.1) is 6.92 Å². The van der Waals surface area contributed by atoms with Gasteiger partial charge in [0.05, 0.1) is 6.42 Å². The molecule has 6 heteroatoms. The van der Waals surface area contributed by atoms with Crippen LogP contribution >= 0.6 is 0 Å². The maximum atomic E-state index is 11.3. The van der Waals surface area contributed by atoms with Gasteiger partial charge in [-0.25, -0.2) is 4.98 Å². The summed E-state index contributed by atoms with van der Waals surface area (Å²) in [6, 6.07) is 1.18. The lowest BCUT2D eigenvalue weighted by atomic mass is 10.2. The fourth-order valence-electron chi connectivity index (χ4n) is 1.77. The van der Waals surface area contributed by atoms with Crippen LogP contribution in [0.3, 0.4) is 0 Å². The first-order valence-corrected chi connectivity index (χ1v) is 5.50. The van der Waals surface area contributed by atoms with E-state index in [1.165, 1.54) is 6.07 Å². The zero-order valence-electron chi connectivity index (χ0n) is 10.2. The number of hydrogen-bond acceptors (Lipinski definition) is 4. The Kier molecular flexibility index (Phi) is 4.25. The Balaban J connectivity index is 3.00. The molecule has 0 aliphatic rings. The molecule has 1 rings (SSSR count). The molecule has 0 saturated carbocycles. The molecule has 0 aromatic carbocycles. The molecule has 0 amide bonds. The highest BCUT2D eigenvalue weighted by Gasteiger charge is 2.17. The fourth-order valence-corrected chi connectivity index (χ4v) is 1.77. The number of rotatable bonds is 5. The molecule has 0 fully saturated rings. The van der Waals surface area contributed by atoms with Crippen molar-refractivity contribution in [2.45, 2.75) is 33.2 Å². The first kappa shape index (κ1) is 13.2. The van der Waals surface area contributed by atoms with Gasteiger partial charge in [-0.3, -0.25) is 9.59 Å². The zero-order valence-corrected chi connectivity index (χ0v) is 10.2. The number of H-pyrrole nitrogens is 1. The topological polar surface area (TPSA) is 86.3 Å². The highest BCUT2D eigenvalue weighted by atomic mass is 16.4. The lowest BCUT2D eigenvalue weighted by molar-refractivity contribution is -0.137. The standard InChI is InChI=1S/C11H17N3O3/c1-4-14(7(2)5-11(16)17)9-6-10(15)13-8(3)12-9/h6-7H,4-5H2,1-3H3,(H,16,17)(H,12,13,15). The molecule has 1 heterocycles. The Bertz CT molecular complexity index is 456. The van der Waals surface area contributed by atoms with Crippen LogP contribution in [0.1, 0.15) is 26.1 Å². The Morgan fingerprint density at radius 2 is 2.29 bits per heavy atom. The highest BCUT2D eigenvalue weighted by Crippen LogP contribution is 2.13. The van der Waals surface area contributed by atoms with Gasteiger partial charge in [-0.05, 0) is 20.8 Å². The summed E-state index contributed by atoms with van der Waals surface area (Å²) in [5.74, 6) is 0.175. The van der Waals surface area contributed by atoms with Crippen LogP contribution in [0.2, 0.25) is 0 Å².